The first-order chi connectivity index (χ1) is 9.24. The first kappa shape index (κ1) is 17.7. The summed E-state index contributed by atoms with van der Waals surface area (Å²) in [6.07, 6.45) is 0. The minimum atomic E-state index is -3.57. The van der Waals surface area contributed by atoms with Gasteiger partial charge in [-0.3, -0.25) is 9.05 Å². The normalized spacial score (nSPS) is 12.2. The number of benzene rings is 1. The summed E-state index contributed by atoms with van der Waals surface area (Å²) < 4.78 is 28.7. The predicted octanol–water partition coefficient (Wildman–Crippen LogP) is 5.48. The minimum Gasteiger partial charge on any atom is -0.403 e. The molecule has 0 fully saturated rings. The van der Waals surface area contributed by atoms with Crippen molar-refractivity contribution in [2.75, 3.05) is 14.2 Å². The molecular formula is C14H22BrO4P. The zero-order valence-corrected chi connectivity index (χ0v) is 15.2. The molecule has 0 amide bonds. The Bertz CT molecular complexity index is 477. The van der Waals surface area contributed by atoms with Gasteiger partial charge in [0.2, 0.25) is 0 Å². The van der Waals surface area contributed by atoms with Crippen molar-refractivity contribution >= 4 is 23.8 Å². The van der Waals surface area contributed by atoms with E-state index in [1.165, 1.54) is 14.2 Å². The van der Waals surface area contributed by atoms with E-state index in [9.17, 15) is 4.57 Å². The number of rotatable bonds is 6. The van der Waals surface area contributed by atoms with Crippen molar-refractivity contribution in [1.29, 1.82) is 0 Å². The molecule has 0 saturated heterocycles. The summed E-state index contributed by atoms with van der Waals surface area (Å²) in [4.78, 5) is 0. The zero-order valence-electron chi connectivity index (χ0n) is 12.8. The summed E-state index contributed by atoms with van der Waals surface area (Å²) in [5, 5.41) is 0. The summed E-state index contributed by atoms with van der Waals surface area (Å²) in [6, 6.07) is 3.95. The molecule has 0 aromatic heterocycles. The van der Waals surface area contributed by atoms with Gasteiger partial charge in [0.25, 0.3) is 0 Å². The highest BCUT2D eigenvalue weighted by molar-refractivity contribution is 9.10. The topological polar surface area (TPSA) is 44.8 Å². The van der Waals surface area contributed by atoms with Crippen LogP contribution in [0.2, 0.25) is 0 Å². The third-order valence-electron chi connectivity index (χ3n) is 3.01. The largest absolute Gasteiger partial charge is 0.529 e. The maximum absolute atomic E-state index is 12.3. The van der Waals surface area contributed by atoms with Crippen molar-refractivity contribution in [3.63, 3.8) is 0 Å². The predicted molar refractivity (Wildman–Crippen MR) is 84.6 cm³/mol. The molecule has 0 aliphatic carbocycles. The van der Waals surface area contributed by atoms with Gasteiger partial charge in [0, 0.05) is 18.7 Å². The van der Waals surface area contributed by atoms with Gasteiger partial charge in [-0.15, -0.1) is 0 Å². The van der Waals surface area contributed by atoms with Crippen LogP contribution in [-0.2, 0) is 13.6 Å². The van der Waals surface area contributed by atoms with E-state index >= 15 is 0 Å². The molecule has 20 heavy (non-hydrogen) atoms. The van der Waals surface area contributed by atoms with E-state index in [-0.39, 0.29) is 11.8 Å². The second kappa shape index (κ2) is 7.08. The van der Waals surface area contributed by atoms with Crippen LogP contribution in [0.15, 0.2) is 16.6 Å². The third-order valence-corrected chi connectivity index (χ3v) is 4.76. The molecule has 0 atom stereocenters. The van der Waals surface area contributed by atoms with Gasteiger partial charge in [0.1, 0.15) is 5.75 Å². The number of phosphoric ester groups is 1. The molecule has 6 heteroatoms. The summed E-state index contributed by atoms with van der Waals surface area (Å²) in [5.41, 5.74) is 1.94. The lowest BCUT2D eigenvalue weighted by atomic mass is 9.94. The van der Waals surface area contributed by atoms with E-state index in [0.29, 0.717) is 5.75 Å². The average molecular weight is 365 g/mol. The minimum absolute atomic E-state index is 0.224. The van der Waals surface area contributed by atoms with Crippen LogP contribution < -0.4 is 4.52 Å². The van der Waals surface area contributed by atoms with Crippen LogP contribution in [0, 0.1) is 0 Å². The summed E-state index contributed by atoms with van der Waals surface area (Å²) in [6.45, 7) is 8.24. The molecule has 4 nitrogen and oxygen atoms in total. The lowest BCUT2D eigenvalue weighted by Crippen LogP contribution is -2.05. The molecule has 0 N–H and O–H groups in total. The van der Waals surface area contributed by atoms with Crippen molar-refractivity contribution in [3.05, 3.63) is 27.7 Å². The van der Waals surface area contributed by atoms with E-state index in [1.54, 1.807) is 0 Å². The Balaban J connectivity index is 3.44. The molecule has 0 unspecified atom stereocenters. The van der Waals surface area contributed by atoms with Gasteiger partial charge in [-0.2, -0.15) is 0 Å². The number of halogens is 1. The quantitative estimate of drug-likeness (QED) is 0.627. The Morgan fingerprint density at radius 3 is 1.70 bits per heavy atom. The average Bonchev–Trinajstić information content (AvgIpc) is 2.39. The van der Waals surface area contributed by atoms with Crippen LogP contribution in [0.25, 0.3) is 0 Å². The first-order valence-electron chi connectivity index (χ1n) is 6.48. The van der Waals surface area contributed by atoms with Gasteiger partial charge in [-0.05, 0) is 35.1 Å². The molecule has 0 spiro atoms. The molecule has 1 aromatic rings. The molecule has 0 aliphatic rings. The highest BCUT2D eigenvalue weighted by Gasteiger charge is 2.29. The molecule has 1 aromatic carbocycles. The van der Waals surface area contributed by atoms with Gasteiger partial charge < -0.3 is 4.52 Å². The van der Waals surface area contributed by atoms with Crippen LogP contribution in [-0.4, -0.2) is 14.2 Å². The van der Waals surface area contributed by atoms with Crippen LogP contribution in [0.1, 0.15) is 50.7 Å². The Labute approximate surface area is 129 Å². The van der Waals surface area contributed by atoms with Gasteiger partial charge >= 0.3 is 7.82 Å². The van der Waals surface area contributed by atoms with Crippen LogP contribution in [0.5, 0.6) is 5.75 Å². The van der Waals surface area contributed by atoms with E-state index in [0.717, 1.165) is 15.6 Å². The van der Waals surface area contributed by atoms with Crippen molar-refractivity contribution in [2.45, 2.75) is 39.5 Å². The third kappa shape index (κ3) is 4.08. The Morgan fingerprint density at radius 2 is 1.40 bits per heavy atom. The lowest BCUT2D eigenvalue weighted by molar-refractivity contribution is 0.209. The van der Waals surface area contributed by atoms with Crippen molar-refractivity contribution in [1.82, 2.24) is 0 Å². The number of phosphoric acid groups is 1. The fraction of sp³-hybridized carbons (Fsp3) is 0.571. The highest BCUT2D eigenvalue weighted by atomic mass is 79.9. The molecule has 114 valence electrons. The Hall–Kier alpha value is -0.350. The lowest BCUT2D eigenvalue weighted by Gasteiger charge is -2.23. The smallest absolute Gasteiger partial charge is 0.403 e. The number of hydrogen-bond donors (Lipinski definition) is 0. The Morgan fingerprint density at radius 1 is 1.00 bits per heavy atom. The van der Waals surface area contributed by atoms with Crippen molar-refractivity contribution in [3.8, 4) is 5.75 Å². The maximum atomic E-state index is 12.3. The van der Waals surface area contributed by atoms with E-state index < -0.39 is 7.82 Å². The second-order valence-electron chi connectivity index (χ2n) is 5.13. The van der Waals surface area contributed by atoms with Crippen LogP contribution >= 0.6 is 23.8 Å². The standard InChI is InChI=1S/C14H22BrO4P/c1-9(2)12-7-11(15)8-13(10(3)4)14(12)19-20(16,17-5)18-6/h7-10H,1-6H3. The van der Waals surface area contributed by atoms with E-state index in [1.807, 2.05) is 12.1 Å². The first-order valence-corrected chi connectivity index (χ1v) is 8.73. The molecule has 0 bridgehead atoms. The van der Waals surface area contributed by atoms with E-state index in [4.69, 9.17) is 13.6 Å². The second-order valence-corrected chi connectivity index (χ2v) is 7.85. The molecule has 0 saturated carbocycles. The van der Waals surface area contributed by atoms with Gasteiger partial charge in [0.05, 0.1) is 0 Å². The fourth-order valence-corrected chi connectivity index (χ4v) is 3.09. The summed E-state index contributed by atoms with van der Waals surface area (Å²) >= 11 is 3.51. The molecule has 0 radical (unpaired) electrons. The van der Waals surface area contributed by atoms with Crippen molar-refractivity contribution in [2.24, 2.45) is 0 Å². The summed E-state index contributed by atoms with van der Waals surface area (Å²) in [7, 11) is -0.941. The maximum Gasteiger partial charge on any atom is 0.529 e. The van der Waals surface area contributed by atoms with Crippen LogP contribution in [0.3, 0.4) is 0 Å². The molecule has 1 rings (SSSR count). The molecular weight excluding hydrogens is 343 g/mol. The Kier molecular flexibility index (Phi) is 6.26. The van der Waals surface area contributed by atoms with Gasteiger partial charge in [-0.1, -0.05) is 43.6 Å². The summed E-state index contributed by atoms with van der Waals surface area (Å²) in [5.74, 6) is 1.04. The highest BCUT2D eigenvalue weighted by Crippen LogP contribution is 2.51. The fourth-order valence-electron chi connectivity index (χ4n) is 1.86. The molecule has 0 heterocycles. The van der Waals surface area contributed by atoms with E-state index in [2.05, 4.69) is 43.6 Å². The number of hydrogen-bond acceptors (Lipinski definition) is 4. The zero-order chi connectivity index (χ0) is 15.5. The molecule has 0 aliphatic heterocycles. The monoisotopic (exact) mass is 364 g/mol. The van der Waals surface area contributed by atoms with Gasteiger partial charge in [-0.25, -0.2) is 4.57 Å². The SMILES string of the molecule is COP(=O)(OC)Oc1c(C(C)C)cc(Br)cc1C(C)C. The van der Waals surface area contributed by atoms with Crippen molar-refractivity contribution < 1.29 is 18.1 Å². The van der Waals surface area contributed by atoms with Crippen LogP contribution in [0.4, 0.5) is 0 Å². The van der Waals surface area contributed by atoms with Gasteiger partial charge in [0.15, 0.2) is 0 Å².